The smallest absolute Gasteiger partial charge is 0.399 e. The van der Waals surface area contributed by atoms with Crippen molar-refractivity contribution in [2.75, 3.05) is 31.3 Å². The van der Waals surface area contributed by atoms with E-state index < -0.39 is 12.7 Å². The van der Waals surface area contributed by atoms with E-state index >= 15 is 0 Å². The van der Waals surface area contributed by atoms with Crippen LogP contribution in [0.4, 0.5) is 24.7 Å². The fraction of sp³-hybridized carbons (Fsp3) is 0.217. The first-order valence-corrected chi connectivity index (χ1v) is 9.99. The van der Waals surface area contributed by atoms with Crippen LogP contribution in [0.1, 0.15) is 5.56 Å². The molecule has 0 bridgehead atoms. The summed E-state index contributed by atoms with van der Waals surface area (Å²) in [5.41, 5.74) is 15.7. The molecule has 1 aromatic carbocycles. The lowest BCUT2D eigenvalue weighted by molar-refractivity contribution is -0.118. The van der Waals surface area contributed by atoms with E-state index in [0.29, 0.717) is 5.82 Å². The molecule has 8 nitrogen and oxygen atoms in total. The number of aryl methyl sites for hydroxylation is 1. The molecule has 4 aromatic rings. The maximum Gasteiger partial charge on any atom is 0.400 e. The number of nitrogen functional groups attached to an aromatic ring is 1. The van der Waals surface area contributed by atoms with Crippen LogP contribution in [0.2, 0.25) is 0 Å². The summed E-state index contributed by atoms with van der Waals surface area (Å²) in [5, 5.41) is 0. The van der Waals surface area contributed by atoms with Gasteiger partial charge in [0.05, 0.1) is 18.4 Å². The lowest BCUT2D eigenvalue weighted by Crippen LogP contribution is -2.21. The second-order valence-corrected chi connectivity index (χ2v) is 7.33. The van der Waals surface area contributed by atoms with Crippen LogP contribution in [0.15, 0.2) is 55.0 Å². The second kappa shape index (κ2) is 11.2. The Morgan fingerprint density at radius 3 is 2.32 bits per heavy atom. The number of nitrogens with two attached hydrogens (primary N) is 2. The first-order chi connectivity index (χ1) is 16.1. The highest BCUT2D eigenvalue weighted by Gasteiger charge is 2.23. The zero-order valence-electron chi connectivity index (χ0n) is 19.0. The van der Waals surface area contributed by atoms with Crippen LogP contribution >= 0.6 is 0 Å². The predicted molar refractivity (Wildman–Crippen MR) is 127 cm³/mol. The highest BCUT2D eigenvalue weighted by molar-refractivity contribution is 5.70. The monoisotopic (exact) mass is 473 g/mol. The van der Waals surface area contributed by atoms with E-state index in [1.54, 1.807) is 0 Å². The van der Waals surface area contributed by atoms with Crippen LogP contribution in [0.3, 0.4) is 0 Å². The molecule has 0 atom stereocenters. The van der Waals surface area contributed by atoms with Gasteiger partial charge < -0.3 is 21.2 Å². The summed E-state index contributed by atoms with van der Waals surface area (Å²) in [7, 11) is 3.96. The van der Waals surface area contributed by atoms with Crippen molar-refractivity contribution in [3.05, 3.63) is 60.6 Å². The molecule has 0 amide bonds. The van der Waals surface area contributed by atoms with Gasteiger partial charge in [-0.25, -0.2) is 15.0 Å². The number of hydrogen-bond acceptors (Lipinski definition) is 7. The quantitative estimate of drug-likeness (QED) is 0.436. The fourth-order valence-electron chi connectivity index (χ4n) is 3.06. The van der Waals surface area contributed by atoms with Crippen molar-refractivity contribution in [1.82, 2.24) is 19.4 Å². The largest absolute Gasteiger partial charge is 0.400 e. The minimum atomic E-state index is -4.18. The van der Waals surface area contributed by atoms with Gasteiger partial charge in [0, 0.05) is 48.9 Å². The number of fused-ring (bicyclic) bond motifs is 1. The van der Waals surface area contributed by atoms with Gasteiger partial charge in [0.25, 0.3) is 0 Å². The van der Waals surface area contributed by atoms with Crippen molar-refractivity contribution in [3.8, 4) is 22.6 Å². The number of pyridine rings is 1. The SMILES string of the molecule is C=O.Cc1cnc(-c2ccn3c(-c4cccc(N)c4)cnc3c2)nc1N(C)C.NCC(F)(F)F. The molecule has 11 heteroatoms. The summed E-state index contributed by atoms with van der Waals surface area (Å²) in [6.45, 7) is 2.78. The van der Waals surface area contributed by atoms with Gasteiger partial charge in [-0.2, -0.15) is 13.2 Å². The number of rotatable bonds is 3. The van der Waals surface area contributed by atoms with E-state index in [9.17, 15) is 13.2 Å². The minimum Gasteiger partial charge on any atom is -0.399 e. The molecule has 4 rings (SSSR count). The molecular weight excluding hydrogens is 447 g/mol. The number of aromatic nitrogens is 4. The van der Waals surface area contributed by atoms with Crippen molar-refractivity contribution >= 4 is 23.9 Å². The molecule has 0 unspecified atom stereocenters. The number of imidazole rings is 1. The number of hydrogen-bond donors (Lipinski definition) is 2. The molecule has 34 heavy (non-hydrogen) atoms. The molecule has 0 saturated heterocycles. The maximum absolute atomic E-state index is 10.7. The number of nitrogens with zero attached hydrogens (tertiary/aromatic N) is 5. The minimum absolute atomic E-state index is 0.690. The Hall–Kier alpha value is -3.99. The summed E-state index contributed by atoms with van der Waals surface area (Å²) in [6.07, 6.45) is 1.52. The first kappa shape index (κ1) is 26.3. The highest BCUT2D eigenvalue weighted by Crippen LogP contribution is 2.26. The lowest BCUT2D eigenvalue weighted by atomic mass is 10.1. The number of benzene rings is 1. The molecule has 0 aliphatic heterocycles. The Labute approximate surface area is 195 Å². The molecule has 3 heterocycles. The van der Waals surface area contributed by atoms with Crippen molar-refractivity contribution in [1.29, 1.82) is 0 Å². The molecule has 4 N–H and O–H groups in total. The summed E-state index contributed by atoms with van der Waals surface area (Å²) in [4.78, 5) is 23.7. The van der Waals surface area contributed by atoms with E-state index in [2.05, 4.69) is 20.7 Å². The Balaban J connectivity index is 0.000000447. The summed E-state index contributed by atoms with van der Waals surface area (Å²) < 4.78 is 34.0. The summed E-state index contributed by atoms with van der Waals surface area (Å²) >= 11 is 0. The second-order valence-electron chi connectivity index (χ2n) is 7.33. The van der Waals surface area contributed by atoms with E-state index in [1.807, 2.05) is 92.1 Å². The van der Waals surface area contributed by atoms with Gasteiger partial charge >= 0.3 is 6.18 Å². The van der Waals surface area contributed by atoms with Crippen LogP contribution in [0, 0.1) is 6.92 Å². The zero-order valence-corrected chi connectivity index (χ0v) is 19.0. The third kappa shape index (κ3) is 6.51. The Morgan fingerprint density at radius 2 is 1.74 bits per heavy atom. The third-order valence-corrected chi connectivity index (χ3v) is 4.55. The summed E-state index contributed by atoms with van der Waals surface area (Å²) in [6, 6.07) is 11.8. The number of carbonyl (C=O) groups is 1. The van der Waals surface area contributed by atoms with E-state index in [1.165, 1.54) is 0 Å². The predicted octanol–water partition coefficient (Wildman–Crippen LogP) is 3.74. The molecule has 3 aromatic heterocycles. The number of anilines is 2. The van der Waals surface area contributed by atoms with Gasteiger partial charge in [-0.1, -0.05) is 12.1 Å². The normalized spacial score (nSPS) is 10.7. The van der Waals surface area contributed by atoms with Crippen molar-refractivity contribution in [2.45, 2.75) is 13.1 Å². The topological polar surface area (TPSA) is 115 Å². The van der Waals surface area contributed by atoms with Gasteiger partial charge in [0.15, 0.2) is 5.82 Å². The van der Waals surface area contributed by atoms with Crippen molar-refractivity contribution < 1.29 is 18.0 Å². The van der Waals surface area contributed by atoms with Gasteiger partial charge in [-0.15, -0.1) is 0 Å². The van der Waals surface area contributed by atoms with Crippen LogP contribution in [0.5, 0.6) is 0 Å². The maximum atomic E-state index is 10.7. The van der Waals surface area contributed by atoms with Crippen molar-refractivity contribution in [3.63, 3.8) is 0 Å². The molecule has 0 saturated carbocycles. The van der Waals surface area contributed by atoms with Crippen LogP contribution in [-0.2, 0) is 4.79 Å². The van der Waals surface area contributed by atoms with Gasteiger partial charge in [-0.05, 0) is 31.2 Å². The van der Waals surface area contributed by atoms with E-state index in [0.717, 1.165) is 39.5 Å². The average molecular weight is 474 g/mol. The molecular formula is C23H26F3N7O. The number of carbonyl (C=O) groups excluding carboxylic acids is 1. The first-order valence-electron chi connectivity index (χ1n) is 9.99. The molecule has 0 aliphatic carbocycles. The Bertz CT molecular complexity index is 1240. The van der Waals surface area contributed by atoms with Crippen LogP contribution in [-0.4, -0.2) is 53.0 Å². The van der Waals surface area contributed by atoms with E-state index in [4.69, 9.17) is 10.5 Å². The number of alkyl halides is 3. The summed E-state index contributed by atoms with van der Waals surface area (Å²) in [5.74, 6) is 1.61. The molecule has 180 valence electrons. The molecule has 0 spiro atoms. The number of halogens is 3. The van der Waals surface area contributed by atoms with Crippen molar-refractivity contribution in [2.24, 2.45) is 5.73 Å². The standard InChI is InChI=1S/C20H20N6.C2H4F3N.CH2O/c1-13-11-23-19(24-20(13)25(2)3)15-7-8-26-17(12-22-18(26)10-15)14-5-4-6-16(21)9-14;3-2(4,5)1-6;1-2/h4-12H,21H2,1-3H3;1,6H2;1H2. The van der Waals surface area contributed by atoms with Gasteiger partial charge in [0.2, 0.25) is 0 Å². The third-order valence-electron chi connectivity index (χ3n) is 4.55. The highest BCUT2D eigenvalue weighted by atomic mass is 19.4. The zero-order chi connectivity index (χ0) is 25.5. The Morgan fingerprint density at radius 1 is 1.06 bits per heavy atom. The molecule has 0 fully saturated rings. The van der Waals surface area contributed by atoms with Crippen LogP contribution < -0.4 is 16.4 Å². The Kier molecular flexibility index (Phi) is 8.68. The van der Waals surface area contributed by atoms with Crippen LogP contribution in [0.25, 0.3) is 28.3 Å². The van der Waals surface area contributed by atoms with Gasteiger partial charge in [-0.3, -0.25) is 4.40 Å². The fourth-order valence-corrected chi connectivity index (χ4v) is 3.06. The molecule has 0 radical (unpaired) electrons. The van der Waals surface area contributed by atoms with Gasteiger partial charge in [0.1, 0.15) is 18.3 Å². The average Bonchev–Trinajstić information content (AvgIpc) is 3.24. The molecule has 0 aliphatic rings. The van der Waals surface area contributed by atoms with E-state index in [-0.39, 0.29) is 0 Å². The lowest BCUT2D eigenvalue weighted by Gasteiger charge is -2.14.